The molecule has 0 saturated heterocycles. The van der Waals surface area contributed by atoms with Crippen LogP contribution in [0.2, 0.25) is 0 Å². The first-order valence-corrected chi connectivity index (χ1v) is 10.0. The maximum Gasteiger partial charge on any atom is 0.227 e. The number of hydrogen-bond acceptors (Lipinski definition) is 3. The Kier molecular flexibility index (Phi) is 4.53. The average Bonchev–Trinajstić information content (AvgIpc) is 3.49. The number of hydrogen-bond donors (Lipinski definition) is 1. The molecule has 4 nitrogen and oxygen atoms in total. The van der Waals surface area contributed by atoms with Gasteiger partial charge in [0.05, 0.1) is 5.69 Å². The van der Waals surface area contributed by atoms with Crippen molar-refractivity contribution in [2.75, 3.05) is 17.2 Å². The van der Waals surface area contributed by atoms with E-state index in [0.717, 1.165) is 22.9 Å². The van der Waals surface area contributed by atoms with E-state index in [1.54, 1.807) is 11.8 Å². The van der Waals surface area contributed by atoms with Crippen molar-refractivity contribution in [1.29, 1.82) is 0 Å². The van der Waals surface area contributed by atoms with Gasteiger partial charge in [-0.3, -0.25) is 9.59 Å². The van der Waals surface area contributed by atoms with Crippen LogP contribution in [0.25, 0.3) is 0 Å². The number of anilines is 1. The Hall–Kier alpha value is -1.49. The molecule has 128 valence electrons. The van der Waals surface area contributed by atoms with E-state index in [4.69, 9.17) is 0 Å². The molecular formula is C19H24N2O2S. The van der Waals surface area contributed by atoms with Crippen molar-refractivity contribution in [2.45, 2.75) is 49.5 Å². The van der Waals surface area contributed by atoms with Gasteiger partial charge in [0, 0.05) is 36.1 Å². The van der Waals surface area contributed by atoms with E-state index in [9.17, 15) is 9.59 Å². The molecule has 0 atom stereocenters. The Labute approximate surface area is 147 Å². The molecule has 2 saturated carbocycles. The Balaban J connectivity index is 1.31. The van der Waals surface area contributed by atoms with E-state index in [2.05, 4.69) is 11.4 Å². The molecule has 0 aromatic heterocycles. The summed E-state index contributed by atoms with van der Waals surface area (Å²) >= 11 is 1.79. The van der Waals surface area contributed by atoms with Crippen LogP contribution in [-0.2, 0) is 9.59 Å². The molecule has 1 aromatic rings. The van der Waals surface area contributed by atoms with E-state index < -0.39 is 0 Å². The zero-order chi connectivity index (χ0) is 16.5. The van der Waals surface area contributed by atoms with Gasteiger partial charge in [-0.05, 0) is 49.7 Å². The zero-order valence-corrected chi connectivity index (χ0v) is 14.7. The van der Waals surface area contributed by atoms with Gasteiger partial charge < -0.3 is 10.2 Å². The lowest BCUT2D eigenvalue weighted by Gasteiger charge is -2.29. The Morgan fingerprint density at radius 3 is 2.54 bits per heavy atom. The summed E-state index contributed by atoms with van der Waals surface area (Å²) in [7, 11) is 0. The highest BCUT2D eigenvalue weighted by atomic mass is 32.2. The van der Waals surface area contributed by atoms with Crippen LogP contribution in [-0.4, -0.2) is 30.2 Å². The number of amides is 2. The molecule has 5 heteroatoms. The summed E-state index contributed by atoms with van der Waals surface area (Å²) in [6, 6.07) is 8.40. The van der Waals surface area contributed by atoms with Gasteiger partial charge in [-0.25, -0.2) is 0 Å². The second-order valence-electron chi connectivity index (χ2n) is 7.13. The first kappa shape index (κ1) is 16.0. The van der Waals surface area contributed by atoms with Gasteiger partial charge in [0.25, 0.3) is 0 Å². The molecule has 0 unspecified atom stereocenters. The van der Waals surface area contributed by atoms with Gasteiger partial charge in [0.1, 0.15) is 0 Å². The Morgan fingerprint density at radius 2 is 1.83 bits per heavy atom. The standard InChI is InChI=1S/C19H24N2O2S/c22-17(20-19(13-5-6-13)14-7-8-14)9-10-18(23)21-11-12-24-16-4-2-1-3-15(16)21/h1-4,13-14,19H,5-12H2,(H,20,22). The van der Waals surface area contributed by atoms with Gasteiger partial charge >= 0.3 is 0 Å². The van der Waals surface area contributed by atoms with Crippen molar-refractivity contribution in [3.05, 3.63) is 24.3 Å². The minimum atomic E-state index is 0.0480. The molecular weight excluding hydrogens is 320 g/mol. The second-order valence-corrected chi connectivity index (χ2v) is 8.27. The van der Waals surface area contributed by atoms with Gasteiger partial charge in [0.15, 0.2) is 0 Å². The maximum atomic E-state index is 12.6. The van der Waals surface area contributed by atoms with Crippen LogP contribution in [0, 0.1) is 11.8 Å². The lowest BCUT2D eigenvalue weighted by atomic mass is 10.1. The first-order chi connectivity index (χ1) is 11.7. The quantitative estimate of drug-likeness (QED) is 0.862. The molecule has 0 radical (unpaired) electrons. The van der Waals surface area contributed by atoms with Crippen LogP contribution in [0.15, 0.2) is 29.2 Å². The number of fused-ring (bicyclic) bond motifs is 1. The summed E-state index contributed by atoms with van der Waals surface area (Å²) < 4.78 is 0. The number of benzene rings is 1. The van der Waals surface area contributed by atoms with Crippen LogP contribution in [0.5, 0.6) is 0 Å². The first-order valence-electron chi connectivity index (χ1n) is 9.04. The molecule has 1 aromatic carbocycles. The fraction of sp³-hybridized carbons (Fsp3) is 0.579. The number of thioether (sulfide) groups is 1. The molecule has 1 heterocycles. The van der Waals surface area contributed by atoms with Crippen molar-refractivity contribution < 1.29 is 9.59 Å². The predicted molar refractivity (Wildman–Crippen MR) is 96.1 cm³/mol. The number of para-hydroxylation sites is 1. The van der Waals surface area contributed by atoms with E-state index in [-0.39, 0.29) is 11.8 Å². The lowest BCUT2D eigenvalue weighted by molar-refractivity contribution is -0.125. The molecule has 2 fully saturated rings. The van der Waals surface area contributed by atoms with E-state index >= 15 is 0 Å². The van der Waals surface area contributed by atoms with Crippen molar-refractivity contribution in [1.82, 2.24) is 5.32 Å². The van der Waals surface area contributed by atoms with Crippen LogP contribution >= 0.6 is 11.8 Å². The van der Waals surface area contributed by atoms with Crippen LogP contribution in [0.3, 0.4) is 0 Å². The molecule has 24 heavy (non-hydrogen) atoms. The number of nitrogens with zero attached hydrogens (tertiary/aromatic N) is 1. The molecule has 3 aliphatic rings. The Bertz CT molecular complexity index is 628. The lowest BCUT2D eigenvalue weighted by Crippen LogP contribution is -2.39. The molecule has 1 N–H and O–H groups in total. The van der Waals surface area contributed by atoms with Crippen molar-refractivity contribution in [2.24, 2.45) is 11.8 Å². The normalized spacial score (nSPS) is 20.0. The third kappa shape index (κ3) is 3.61. The SMILES string of the molecule is O=C(CCC(=O)N1CCSc2ccccc21)NC(C1CC1)C1CC1. The fourth-order valence-corrected chi connectivity index (χ4v) is 4.57. The van der Waals surface area contributed by atoms with Crippen molar-refractivity contribution in [3.63, 3.8) is 0 Å². The van der Waals surface area contributed by atoms with Crippen LogP contribution in [0.4, 0.5) is 5.69 Å². The summed E-state index contributed by atoms with van der Waals surface area (Å²) in [5, 5.41) is 3.20. The predicted octanol–water partition coefficient (Wildman–Crippen LogP) is 3.21. The maximum absolute atomic E-state index is 12.6. The number of carbonyl (C=O) groups excluding carboxylic acids is 2. The van der Waals surface area contributed by atoms with Crippen LogP contribution in [0.1, 0.15) is 38.5 Å². The average molecular weight is 344 g/mol. The highest BCUT2D eigenvalue weighted by molar-refractivity contribution is 7.99. The fourth-order valence-electron chi connectivity index (χ4n) is 3.57. The van der Waals surface area contributed by atoms with E-state index in [1.165, 1.54) is 25.7 Å². The summed E-state index contributed by atoms with van der Waals surface area (Å²) in [6.45, 7) is 0.731. The van der Waals surface area contributed by atoms with Gasteiger partial charge in [-0.15, -0.1) is 11.8 Å². The van der Waals surface area contributed by atoms with Crippen LogP contribution < -0.4 is 10.2 Å². The van der Waals surface area contributed by atoms with E-state index in [0.29, 0.717) is 30.7 Å². The third-order valence-electron chi connectivity index (χ3n) is 5.18. The van der Waals surface area contributed by atoms with Gasteiger partial charge in [-0.1, -0.05) is 12.1 Å². The highest BCUT2D eigenvalue weighted by Gasteiger charge is 2.42. The minimum Gasteiger partial charge on any atom is -0.353 e. The van der Waals surface area contributed by atoms with Crippen molar-refractivity contribution in [3.8, 4) is 0 Å². The molecule has 0 spiro atoms. The number of nitrogens with one attached hydrogen (secondary N) is 1. The Morgan fingerprint density at radius 1 is 1.12 bits per heavy atom. The number of carbonyl (C=O) groups is 2. The third-order valence-corrected chi connectivity index (χ3v) is 6.23. The summed E-state index contributed by atoms with van der Waals surface area (Å²) in [4.78, 5) is 27.8. The molecule has 1 aliphatic heterocycles. The van der Waals surface area contributed by atoms with Gasteiger partial charge in [0.2, 0.25) is 11.8 Å². The van der Waals surface area contributed by atoms with E-state index in [1.807, 2.05) is 23.1 Å². The second kappa shape index (κ2) is 6.79. The monoisotopic (exact) mass is 344 g/mol. The smallest absolute Gasteiger partial charge is 0.227 e. The molecule has 2 amide bonds. The summed E-state index contributed by atoms with van der Waals surface area (Å²) in [5.74, 6) is 2.42. The topological polar surface area (TPSA) is 49.4 Å². The van der Waals surface area contributed by atoms with Gasteiger partial charge in [-0.2, -0.15) is 0 Å². The summed E-state index contributed by atoms with van der Waals surface area (Å²) in [5.41, 5.74) is 0.994. The summed E-state index contributed by atoms with van der Waals surface area (Å²) in [6.07, 6.45) is 5.61. The molecule has 4 rings (SSSR count). The number of rotatable bonds is 6. The van der Waals surface area contributed by atoms with Crippen molar-refractivity contribution >= 4 is 29.3 Å². The molecule has 2 aliphatic carbocycles. The highest BCUT2D eigenvalue weighted by Crippen LogP contribution is 2.44. The zero-order valence-electron chi connectivity index (χ0n) is 13.9. The largest absolute Gasteiger partial charge is 0.353 e. The molecule has 0 bridgehead atoms. The minimum absolute atomic E-state index is 0.0480.